The summed E-state index contributed by atoms with van der Waals surface area (Å²) in [7, 11) is 0. The van der Waals surface area contributed by atoms with Gasteiger partial charge in [-0.05, 0) is 19.8 Å². The topological polar surface area (TPSA) is 52.8 Å². The van der Waals surface area contributed by atoms with Gasteiger partial charge in [0.25, 0.3) is 0 Å². The van der Waals surface area contributed by atoms with Gasteiger partial charge >= 0.3 is 0 Å². The van der Waals surface area contributed by atoms with Crippen molar-refractivity contribution < 1.29 is 10.3 Å². The smallest absolute Gasteiger partial charge is 0.0698 e. The van der Waals surface area contributed by atoms with Crippen molar-refractivity contribution in [2.24, 2.45) is 11.1 Å². The van der Waals surface area contributed by atoms with E-state index in [-0.39, 0.29) is 5.92 Å². The Kier molecular flexibility index (Phi) is 8.26. The average Bonchev–Trinajstić information content (AvgIpc) is 2.22. The number of unbranched alkanes of at least 4 members (excludes halogenated alkanes) is 3. The largest absolute Gasteiger partial charge is 0.411 e. The third-order valence-electron chi connectivity index (χ3n) is 3.17. The highest BCUT2D eigenvalue weighted by Gasteiger charge is 2.29. The number of aliphatic hydroxyl groups is 1. The van der Waals surface area contributed by atoms with Crippen molar-refractivity contribution in [1.29, 1.82) is 0 Å². The molecule has 0 unspecified atom stereocenters. The summed E-state index contributed by atoms with van der Waals surface area (Å²) in [6, 6.07) is 0. The third kappa shape index (κ3) is 6.11. The lowest BCUT2D eigenvalue weighted by molar-refractivity contribution is 0.0134. The Morgan fingerprint density at radius 1 is 1.19 bits per heavy atom. The van der Waals surface area contributed by atoms with Crippen LogP contribution >= 0.6 is 0 Å². The van der Waals surface area contributed by atoms with E-state index in [9.17, 15) is 5.11 Å². The number of hydrogen-bond donors (Lipinski definition) is 2. The first-order valence-electron chi connectivity index (χ1n) is 6.48. The predicted molar refractivity (Wildman–Crippen MR) is 68.1 cm³/mol. The summed E-state index contributed by atoms with van der Waals surface area (Å²) in [6.07, 6.45) is 8.80. The molecule has 96 valence electrons. The summed E-state index contributed by atoms with van der Waals surface area (Å²) in [5.74, 6) is -0.0330. The van der Waals surface area contributed by atoms with E-state index in [4.69, 9.17) is 5.21 Å². The van der Waals surface area contributed by atoms with Crippen LogP contribution in [-0.4, -0.2) is 22.1 Å². The molecule has 0 heterocycles. The van der Waals surface area contributed by atoms with Gasteiger partial charge in [0.05, 0.1) is 5.60 Å². The van der Waals surface area contributed by atoms with E-state index in [1.54, 1.807) is 0 Å². The minimum absolute atomic E-state index is 0.0330. The fourth-order valence-corrected chi connectivity index (χ4v) is 2.11. The van der Waals surface area contributed by atoms with Gasteiger partial charge in [-0.1, -0.05) is 46.0 Å². The molecule has 0 saturated carbocycles. The molecular formula is C13H27NO2. The number of nitrogens with zero attached hydrogens (tertiary/aromatic N) is 1. The molecule has 16 heavy (non-hydrogen) atoms. The zero-order chi connectivity index (χ0) is 12.4. The highest BCUT2D eigenvalue weighted by Crippen LogP contribution is 2.26. The SMILES string of the molecule is CCCCCC[C@@H](/C=N/O)[C@](C)(O)CCC. The van der Waals surface area contributed by atoms with Gasteiger partial charge in [0, 0.05) is 12.1 Å². The molecule has 0 aliphatic heterocycles. The van der Waals surface area contributed by atoms with Crippen LogP contribution in [0, 0.1) is 5.92 Å². The van der Waals surface area contributed by atoms with Crippen LogP contribution in [0.5, 0.6) is 0 Å². The Hall–Kier alpha value is -0.570. The molecule has 0 saturated heterocycles. The first kappa shape index (κ1) is 15.4. The van der Waals surface area contributed by atoms with Crippen LogP contribution in [0.15, 0.2) is 5.16 Å². The maximum absolute atomic E-state index is 10.3. The van der Waals surface area contributed by atoms with Gasteiger partial charge in [-0.2, -0.15) is 0 Å². The summed E-state index contributed by atoms with van der Waals surface area (Å²) < 4.78 is 0. The van der Waals surface area contributed by atoms with Crippen LogP contribution in [0.1, 0.15) is 65.7 Å². The Labute approximate surface area is 99.6 Å². The number of oxime groups is 1. The summed E-state index contributed by atoms with van der Waals surface area (Å²) >= 11 is 0. The van der Waals surface area contributed by atoms with E-state index in [1.807, 2.05) is 6.92 Å². The van der Waals surface area contributed by atoms with Crippen molar-refractivity contribution >= 4 is 6.21 Å². The van der Waals surface area contributed by atoms with Crippen molar-refractivity contribution in [2.45, 2.75) is 71.3 Å². The lowest BCUT2D eigenvalue weighted by Gasteiger charge is -2.29. The van der Waals surface area contributed by atoms with Crippen molar-refractivity contribution in [1.82, 2.24) is 0 Å². The minimum atomic E-state index is -0.743. The van der Waals surface area contributed by atoms with E-state index < -0.39 is 5.60 Å². The second-order valence-corrected chi connectivity index (χ2v) is 4.83. The van der Waals surface area contributed by atoms with Gasteiger partial charge in [0.1, 0.15) is 0 Å². The van der Waals surface area contributed by atoms with Gasteiger partial charge in [0.15, 0.2) is 0 Å². The fourth-order valence-electron chi connectivity index (χ4n) is 2.11. The van der Waals surface area contributed by atoms with E-state index in [0.29, 0.717) is 0 Å². The predicted octanol–water partition coefficient (Wildman–Crippen LogP) is 3.58. The Morgan fingerprint density at radius 2 is 1.88 bits per heavy atom. The van der Waals surface area contributed by atoms with Gasteiger partial charge < -0.3 is 10.3 Å². The van der Waals surface area contributed by atoms with E-state index >= 15 is 0 Å². The Morgan fingerprint density at radius 3 is 2.38 bits per heavy atom. The Bertz CT molecular complexity index is 190. The maximum atomic E-state index is 10.3. The van der Waals surface area contributed by atoms with Gasteiger partial charge in [-0.3, -0.25) is 0 Å². The standard InChI is InChI=1S/C13H27NO2/c1-4-6-7-8-9-12(11-14-16)13(3,15)10-5-2/h11-12,15-16H,4-10H2,1-3H3/b14-11+/t12-,13+/m0/s1. The van der Waals surface area contributed by atoms with Crippen LogP contribution in [0.4, 0.5) is 0 Å². The summed E-state index contributed by atoms with van der Waals surface area (Å²) in [4.78, 5) is 0. The first-order chi connectivity index (χ1) is 7.58. The molecule has 0 aromatic carbocycles. The zero-order valence-corrected chi connectivity index (χ0v) is 10.9. The molecular weight excluding hydrogens is 202 g/mol. The normalized spacial score (nSPS) is 17.5. The van der Waals surface area contributed by atoms with Crippen molar-refractivity contribution in [3.63, 3.8) is 0 Å². The summed E-state index contributed by atoms with van der Waals surface area (Å²) in [5.41, 5.74) is -0.743. The van der Waals surface area contributed by atoms with Gasteiger partial charge in [0.2, 0.25) is 0 Å². The molecule has 0 aliphatic rings. The summed E-state index contributed by atoms with van der Waals surface area (Å²) in [5, 5.41) is 22.0. The van der Waals surface area contributed by atoms with Crippen LogP contribution in [0.3, 0.4) is 0 Å². The molecule has 0 amide bonds. The molecule has 3 heteroatoms. The van der Waals surface area contributed by atoms with Crippen molar-refractivity contribution in [2.75, 3.05) is 0 Å². The molecule has 0 aliphatic carbocycles. The second-order valence-electron chi connectivity index (χ2n) is 4.83. The van der Waals surface area contributed by atoms with Crippen LogP contribution in [0.2, 0.25) is 0 Å². The number of hydrogen-bond acceptors (Lipinski definition) is 3. The van der Waals surface area contributed by atoms with E-state index in [0.717, 1.165) is 25.7 Å². The minimum Gasteiger partial charge on any atom is -0.411 e. The molecule has 0 aromatic rings. The molecule has 0 rings (SSSR count). The number of rotatable bonds is 9. The zero-order valence-electron chi connectivity index (χ0n) is 10.9. The third-order valence-corrected chi connectivity index (χ3v) is 3.17. The fraction of sp³-hybridized carbons (Fsp3) is 0.923. The van der Waals surface area contributed by atoms with Crippen molar-refractivity contribution in [3.05, 3.63) is 0 Å². The van der Waals surface area contributed by atoms with Crippen LogP contribution < -0.4 is 0 Å². The van der Waals surface area contributed by atoms with Crippen molar-refractivity contribution in [3.8, 4) is 0 Å². The molecule has 0 fully saturated rings. The Balaban J connectivity index is 4.15. The van der Waals surface area contributed by atoms with Crippen LogP contribution in [0.25, 0.3) is 0 Å². The van der Waals surface area contributed by atoms with Crippen LogP contribution in [-0.2, 0) is 0 Å². The molecule has 2 atom stereocenters. The molecule has 3 nitrogen and oxygen atoms in total. The molecule has 0 spiro atoms. The average molecular weight is 229 g/mol. The quantitative estimate of drug-likeness (QED) is 0.275. The highest BCUT2D eigenvalue weighted by molar-refractivity contribution is 5.61. The molecule has 0 aromatic heterocycles. The lowest BCUT2D eigenvalue weighted by atomic mass is 9.82. The molecule has 0 radical (unpaired) electrons. The first-order valence-corrected chi connectivity index (χ1v) is 6.48. The monoisotopic (exact) mass is 229 g/mol. The van der Waals surface area contributed by atoms with Gasteiger partial charge in [-0.25, -0.2) is 0 Å². The summed E-state index contributed by atoms with van der Waals surface area (Å²) in [6.45, 7) is 6.07. The van der Waals surface area contributed by atoms with Gasteiger partial charge in [-0.15, -0.1) is 5.16 Å². The second kappa shape index (κ2) is 8.57. The molecule has 0 bridgehead atoms. The van der Waals surface area contributed by atoms with E-state index in [2.05, 4.69) is 19.0 Å². The maximum Gasteiger partial charge on any atom is 0.0698 e. The van der Waals surface area contributed by atoms with E-state index in [1.165, 1.54) is 25.5 Å². The highest BCUT2D eigenvalue weighted by atomic mass is 16.4. The molecule has 2 N–H and O–H groups in total. The lowest BCUT2D eigenvalue weighted by Crippen LogP contribution is -2.35.